The fourth-order valence-electron chi connectivity index (χ4n) is 1.86. The van der Waals surface area contributed by atoms with E-state index < -0.39 is 0 Å². The monoisotopic (exact) mass is 312 g/mol. The fourth-order valence-corrected chi connectivity index (χ4v) is 2.41. The van der Waals surface area contributed by atoms with E-state index in [4.69, 9.17) is 34.8 Å². The normalized spacial score (nSPS) is 10.5. The van der Waals surface area contributed by atoms with Crippen LogP contribution >= 0.6 is 34.8 Å². The first-order chi connectivity index (χ1) is 8.99. The Morgan fingerprint density at radius 3 is 2.53 bits per heavy atom. The van der Waals surface area contributed by atoms with Gasteiger partial charge in [-0.05, 0) is 42.3 Å². The number of Topliss-reactive ketones (excluding diaryl/α,β-unsaturated/α-hetero) is 1. The number of carbonyl (C=O) groups is 1. The van der Waals surface area contributed by atoms with Gasteiger partial charge in [-0.3, -0.25) is 4.79 Å². The molecule has 2 rings (SSSR count). The van der Waals surface area contributed by atoms with Gasteiger partial charge >= 0.3 is 0 Å². The topological polar surface area (TPSA) is 17.1 Å². The van der Waals surface area contributed by atoms with E-state index in [0.717, 1.165) is 11.1 Å². The summed E-state index contributed by atoms with van der Waals surface area (Å²) in [5, 5.41) is 1.69. The molecule has 0 fully saturated rings. The van der Waals surface area contributed by atoms with Crippen molar-refractivity contribution in [1.82, 2.24) is 0 Å². The molecule has 0 unspecified atom stereocenters. The van der Waals surface area contributed by atoms with Gasteiger partial charge in [-0.15, -0.1) is 0 Å². The summed E-state index contributed by atoms with van der Waals surface area (Å²) in [5.74, 6) is -0.0239. The first kappa shape index (κ1) is 14.4. The Labute approximate surface area is 127 Å². The molecule has 0 spiro atoms. The fraction of sp³-hybridized carbons (Fsp3) is 0.133. The average Bonchev–Trinajstić information content (AvgIpc) is 2.37. The Hall–Kier alpha value is -1.02. The Kier molecular flexibility index (Phi) is 4.51. The van der Waals surface area contributed by atoms with E-state index in [9.17, 15) is 4.79 Å². The van der Waals surface area contributed by atoms with Crippen molar-refractivity contribution in [3.05, 3.63) is 68.2 Å². The highest BCUT2D eigenvalue weighted by atomic mass is 35.5. The van der Waals surface area contributed by atoms with Crippen molar-refractivity contribution in [3.8, 4) is 0 Å². The summed E-state index contributed by atoms with van der Waals surface area (Å²) in [5.41, 5.74) is 2.12. The maximum absolute atomic E-state index is 12.3. The number of rotatable bonds is 3. The molecule has 0 saturated heterocycles. The van der Waals surface area contributed by atoms with Gasteiger partial charge in [0.1, 0.15) is 0 Å². The standard InChI is InChI=1S/C15H11Cl3O/c1-9-12(3-2-4-13(9)17)15(19)8-10-7-11(16)5-6-14(10)18/h2-7H,8H2,1H3. The summed E-state index contributed by atoms with van der Waals surface area (Å²) < 4.78 is 0. The van der Waals surface area contributed by atoms with Crippen molar-refractivity contribution in [2.24, 2.45) is 0 Å². The highest BCUT2D eigenvalue weighted by Gasteiger charge is 2.13. The first-order valence-electron chi connectivity index (χ1n) is 5.71. The minimum Gasteiger partial charge on any atom is -0.294 e. The molecule has 1 nitrogen and oxygen atoms in total. The maximum atomic E-state index is 12.3. The third kappa shape index (κ3) is 3.30. The highest BCUT2D eigenvalue weighted by molar-refractivity contribution is 6.34. The lowest BCUT2D eigenvalue weighted by Gasteiger charge is -2.08. The lowest BCUT2D eigenvalue weighted by molar-refractivity contribution is 0.0992. The van der Waals surface area contributed by atoms with Crippen LogP contribution in [0.15, 0.2) is 36.4 Å². The summed E-state index contributed by atoms with van der Waals surface area (Å²) in [7, 11) is 0. The smallest absolute Gasteiger partial charge is 0.167 e. The third-order valence-corrected chi connectivity index (χ3v) is 3.94. The van der Waals surface area contributed by atoms with Gasteiger partial charge in [0.15, 0.2) is 5.78 Å². The Morgan fingerprint density at radius 1 is 1.05 bits per heavy atom. The zero-order chi connectivity index (χ0) is 14.0. The van der Waals surface area contributed by atoms with Crippen LogP contribution in [-0.4, -0.2) is 5.78 Å². The van der Waals surface area contributed by atoms with E-state index >= 15 is 0 Å². The van der Waals surface area contributed by atoms with Crippen LogP contribution in [0.4, 0.5) is 0 Å². The van der Waals surface area contributed by atoms with Gasteiger partial charge < -0.3 is 0 Å². The molecule has 0 aliphatic rings. The van der Waals surface area contributed by atoms with Gasteiger partial charge in [0.05, 0.1) is 0 Å². The molecule has 2 aromatic carbocycles. The van der Waals surface area contributed by atoms with Crippen LogP contribution in [0.1, 0.15) is 21.5 Å². The number of halogens is 3. The second-order valence-electron chi connectivity index (χ2n) is 4.25. The quantitative estimate of drug-likeness (QED) is 0.695. The number of hydrogen-bond acceptors (Lipinski definition) is 1. The zero-order valence-electron chi connectivity index (χ0n) is 10.2. The number of hydrogen-bond donors (Lipinski definition) is 0. The minimum atomic E-state index is -0.0239. The molecule has 0 bridgehead atoms. The second kappa shape index (κ2) is 5.96. The van der Waals surface area contributed by atoms with E-state index in [2.05, 4.69) is 0 Å². The summed E-state index contributed by atoms with van der Waals surface area (Å²) in [6.07, 6.45) is 0.209. The molecular weight excluding hydrogens is 303 g/mol. The van der Waals surface area contributed by atoms with Crippen LogP contribution < -0.4 is 0 Å². The molecule has 0 aliphatic heterocycles. The average molecular weight is 314 g/mol. The lowest BCUT2D eigenvalue weighted by atomic mass is 9.99. The van der Waals surface area contributed by atoms with Gasteiger partial charge in [0, 0.05) is 27.1 Å². The minimum absolute atomic E-state index is 0.0239. The Morgan fingerprint density at radius 2 is 1.79 bits per heavy atom. The Bertz CT molecular complexity index is 635. The summed E-state index contributed by atoms with van der Waals surface area (Å²) in [6.45, 7) is 1.83. The molecule has 0 aliphatic carbocycles. The number of ketones is 1. The van der Waals surface area contributed by atoms with Crippen LogP contribution in [-0.2, 0) is 6.42 Å². The molecule has 0 atom stereocenters. The SMILES string of the molecule is Cc1c(Cl)cccc1C(=O)Cc1cc(Cl)ccc1Cl. The largest absolute Gasteiger partial charge is 0.294 e. The molecule has 0 amide bonds. The van der Waals surface area contributed by atoms with Crippen molar-refractivity contribution >= 4 is 40.6 Å². The predicted octanol–water partition coefficient (Wildman–Crippen LogP) is 5.38. The summed E-state index contributed by atoms with van der Waals surface area (Å²) in [6, 6.07) is 10.4. The van der Waals surface area contributed by atoms with Crippen molar-refractivity contribution in [2.75, 3.05) is 0 Å². The molecule has 19 heavy (non-hydrogen) atoms. The lowest BCUT2D eigenvalue weighted by Crippen LogP contribution is -2.06. The Balaban J connectivity index is 2.31. The van der Waals surface area contributed by atoms with E-state index in [1.165, 1.54) is 0 Å². The van der Waals surface area contributed by atoms with Gasteiger partial charge in [-0.25, -0.2) is 0 Å². The van der Waals surface area contributed by atoms with Crippen LogP contribution in [0, 0.1) is 6.92 Å². The molecule has 2 aromatic rings. The van der Waals surface area contributed by atoms with Gasteiger partial charge in [0.2, 0.25) is 0 Å². The second-order valence-corrected chi connectivity index (χ2v) is 5.50. The number of benzene rings is 2. The van der Waals surface area contributed by atoms with E-state index in [0.29, 0.717) is 20.6 Å². The molecule has 0 saturated carbocycles. The van der Waals surface area contributed by atoms with E-state index in [1.54, 1.807) is 36.4 Å². The summed E-state index contributed by atoms with van der Waals surface area (Å²) in [4.78, 5) is 12.3. The first-order valence-corrected chi connectivity index (χ1v) is 6.84. The molecule has 0 aromatic heterocycles. The molecule has 4 heteroatoms. The molecule has 0 N–H and O–H groups in total. The van der Waals surface area contributed by atoms with Crippen molar-refractivity contribution in [2.45, 2.75) is 13.3 Å². The van der Waals surface area contributed by atoms with E-state index in [1.807, 2.05) is 6.92 Å². The van der Waals surface area contributed by atoms with Crippen molar-refractivity contribution < 1.29 is 4.79 Å². The van der Waals surface area contributed by atoms with Crippen molar-refractivity contribution in [1.29, 1.82) is 0 Å². The maximum Gasteiger partial charge on any atom is 0.167 e. The molecule has 0 heterocycles. The molecular formula is C15H11Cl3O. The predicted molar refractivity (Wildman–Crippen MR) is 80.7 cm³/mol. The number of carbonyl (C=O) groups excluding carboxylic acids is 1. The van der Waals surface area contributed by atoms with E-state index in [-0.39, 0.29) is 12.2 Å². The zero-order valence-corrected chi connectivity index (χ0v) is 12.5. The molecule has 98 valence electrons. The van der Waals surface area contributed by atoms with Gasteiger partial charge in [0.25, 0.3) is 0 Å². The third-order valence-electron chi connectivity index (χ3n) is 2.93. The van der Waals surface area contributed by atoms with Gasteiger partial charge in [-0.2, -0.15) is 0 Å². The van der Waals surface area contributed by atoms with Gasteiger partial charge in [-0.1, -0.05) is 46.9 Å². The van der Waals surface area contributed by atoms with Crippen LogP contribution in [0.2, 0.25) is 15.1 Å². The molecule has 0 radical (unpaired) electrons. The van der Waals surface area contributed by atoms with Crippen LogP contribution in [0.3, 0.4) is 0 Å². The van der Waals surface area contributed by atoms with Crippen molar-refractivity contribution in [3.63, 3.8) is 0 Å². The van der Waals surface area contributed by atoms with Crippen LogP contribution in [0.25, 0.3) is 0 Å². The van der Waals surface area contributed by atoms with Crippen LogP contribution in [0.5, 0.6) is 0 Å². The highest BCUT2D eigenvalue weighted by Crippen LogP contribution is 2.24. The summed E-state index contributed by atoms with van der Waals surface area (Å²) >= 11 is 18.0.